The number of aliphatic hydroxyl groups excluding tert-OH is 1. The first-order chi connectivity index (χ1) is 16.6. The summed E-state index contributed by atoms with van der Waals surface area (Å²) in [5.74, 6) is 1.08. The second-order valence-corrected chi connectivity index (χ2v) is 15.6. The van der Waals surface area contributed by atoms with Crippen LogP contribution >= 0.6 is 0 Å². The summed E-state index contributed by atoms with van der Waals surface area (Å²) in [7, 11) is 3.39. The second-order valence-electron chi connectivity index (χ2n) is 15.6. The van der Waals surface area contributed by atoms with Crippen LogP contribution in [0.2, 0.25) is 0 Å². The summed E-state index contributed by atoms with van der Waals surface area (Å²) in [6, 6.07) is 0. The van der Waals surface area contributed by atoms with E-state index in [0.29, 0.717) is 24.4 Å². The van der Waals surface area contributed by atoms with Gasteiger partial charge >= 0.3 is 5.97 Å². The number of esters is 1. The fourth-order valence-electron chi connectivity index (χ4n) is 11.3. The molecule has 0 bridgehead atoms. The third kappa shape index (κ3) is 3.15. The molecule has 4 saturated carbocycles. The van der Waals surface area contributed by atoms with Crippen molar-refractivity contribution in [2.45, 2.75) is 118 Å². The third-order valence-electron chi connectivity index (χ3n) is 13.5. The summed E-state index contributed by atoms with van der Waals surface area (Å²) in [4.78, 5) is 13.4. The van der Waals surface area contributed by atoms with Gasteiger partial charge in [0, 0.05) is 7.11 Å². The zero-order valence-electron chi connectivity index (χ0n) is 24.5. The Labute approximate surface area is 220 Å². The highest BCUT2D eigenvalue weighted by Crippen LogP contribution is 2.75. The highest BCUT2D eigenvalue weighted by atomic mass is 16.5. The minimum atomic E-state index is -0.793. The highest BCUT2D eigenvalue weighted by Gasteiger charge is 2.71. The molecular weight excluding hydrogens is 448 g/mol. The molecule has 5 rings (SSSR count). The number of fused-ring (bicyclic) bond motifs is 7. The van der Waals surface area contributed by atoms with Crippen LogP contribution < -0.4 is 0 Å². The highest BCUT2D eigenvalue weighted by molar-refractivity contribution is 5.79. The van der Waals surface area contributed by atoms with Crippen LogP contribution in [0, 0.1) is 50.2 Å². The maximum Gasteiger partial charge on any atom is 0.315 e. The zero-order chi connectivity index (χ0) is 26.5. The lowest BCUT2D eigenvalue weighted by atomic mass is 9.33. The Kier molecular flexibility index (Phi) is 5.99. The first-order valence-corrected chi connectivity index (χ1v) is 14.6. The SMILES string of the molecule is COC(=O)[C@]12CCC(C)(C)CC1C1=CCC3[C@@]4(C)CC[C@H](OC)C(C)(C)C4CC[C@@]3(C)[C@]1(C)C[C@H]2O. The van der Waals surface area contributed by atoms with E-state index in [0.717, 1.165) is 32.1 Å². The lowest BCUT2D eigenvalue weighted by Crippen LogP contribution is -2.67. The van der Waals surface area contributed by atoms with Gasteiger partial charge in [0.05, 0.1) is 19.3 Å². The molecule has 0 aromatic carbocycles. The van der Waals surface area contributed by atoms with Crippen molar-refractivity contribution in [1.29, 1.82) is 0 Å². The summed E-state index contributed by atoms with van der Waals surface area (Å²) in [5.41, 5.74) is 1.24. The molecule has 1 N–H and O–H groups in total. The van der Waals surface area contributed by atoms with E-state index < -0.39 is 11.5 Å². The minimum Gasteiger partial charge on any atom is -0.468 e. The van der Waals surface area contributed by atoms with Crippen molar-refractivity contribution in [2.24, 2.45) is 50.2 Å². The molecule has 4 heteroatoms. The maximum atomic E-state index is 13.4. The van der Waals surface area contributed by atoms with E-state index >= 15 is 0 Å². The van der Waals surface area contributed by atoms with Crippen molar-refractivity contribution >= 4 is 5.97 Å². The zero-order valence-corrected chi connectivity index (χ0v) is 24.5. The number of allylic oxidation sites excluding steroid dienone is 2. The molecule has 0 aliphatic heterocycles. The molecule has 0 aromatic rings. The van der Waals surface area contributed by atoms with Gasteiger partial charge in [-0.15, -0.1) is 0 Å². The Balaban J connectivity index is 1.61. The van der Waals surface area contributed by atoms with Crippen molar-refractivity contribution in [3.63, 3.8) is 0 Å². The first kappa shape index (κ1) is 26.7. The van der Waals surface area contributed by atoms with Gasteiger partial charge in [-0.25, -0.2) is 0 Å². The number of ether oxygens (including phenoxy) is 2. The topological polar surface area (TPSA) is 55.8 Å². The molecule has 204 valence electrons. The average Bonchev–Trinajstić information content (AvgIpc) is 2.78. The van der Waals surface area contributed by atoms with Crippen LogP contribution in [0.25, 0.3) is 0 Å². The van der Waals surface area contributed by atoms with Crippen molar-refractivity contribution in [3.8, 4) is 0 Å². The van der Waals surface area contributed by atoms with Gasteiger partial charge in [0.1, 0.15) is 5.41 Å². The Bertz CT molecular complexity index is 950. The fourth-order valence-corrected chi connectivity index (χ4v) is 11.3. The molecule has 0 amide bonds. The van der Waals surface area contributed by atoms with Gasteiger partial charge in [0.2, 0.25) is 0 Å². The Morgan fingerprint density at radius 3 is 2.25 bits per heavy atom. The summed E-state index contributed by atoms with van der Waals surface area (Å²) in [6.45, 7) is 17.1. The van der Waals surface area contributed by atoms with Crippen LogP contribution in [0.1, 0.15) is 106 Å². The standard InChI is InChI=1S/C32H52O4/c1-27(2)16-17-32(26(34)36-9)21(18-27)20-10-11-23-29(5)14-13-25(35-8)28(3,4)22(29)12-15-30(23,6)31(20,7)19-24(32)33/h10,21-25,33H,11-19H2,1-9H3/t21?,22?,23?,24-,25+,29+,30-,31-,32-/m1/s1. The van der Waals surface area contributed by atoms with E-state index in [1.165, 1.54) is 31.9 Å². The normalized spacial score (nSPS) is 51.1. The summed E-state index contributed by atoms with van der Waals surface area (Å²) in [6.07, 6.45) is 11.3. The number of methoxy groups -OCH3 is 2. The van der Waals surface area contributed by atoms with Gasteiger partial charge in [0.25, 0.3) is 0 Å². The van der Waals surface area contributed by atoms with Crippen molar-refractivity contribution < 1.29 is 19.4 Å². The van der Waals surface area contributed by atoms with Gasteiger partial charge in [-0.05, 0) is 103 Å². The lowest BCUT2D eigenvalue weighted by Gasteiger charge is -2.71. The minimum absolute atomic E-state index is 0.0615. The predicted octanol–water partition coefficient (Wildman–Crippen LogP) is 6.95. The maximum absolute atomic E-state index is 13.4. The molecule has 0 aromatic heterocycles. The molecular formula is C32H52O4. The lowest BCUT2D eigenvalue weighted by molar-refractivity contribution is -0.222. The van der Waals surface area contributed by atoms with E-state index in [1.807, 2.05) is 7.11 Å². The number of aliphatic hydroxyl groups is 1. The third-order valence-corrected chi connectivity index (χ3v) is 13.5. The molecule has 4 fully saturated rings. The molecule has 5 aliphatic rings. The molecule has 5 aliphatic carbocycles. The number of carbonyl (C=O) groups excluding carboxylic acids is 1. The van der Waals surface area contributed by atoms with E-state index in [2.05, 4.69) is 54.5 Å². The van der Waals surface area contributed by atoms with Crippen molar-refractivity contribution in [2.75, 3.05) is 14.2 Å². The quantitative estimate of drug-likeness (QED) is 0.329. The van der Waals surface area contributed by atoms with Crippen LogP contribution in [-0.4, -0.2) is 37.5 Å². The summed E-state index contributed by atoms with van der Waals surface area (Å²) in [5, 5.41) is 11.9. The fraction of sp³-hybridized carbons (Fsp3) is 0.906. The number of hydrogen-bond donors (Lipinski definition) is 1. The van der Waals surface area contributed by atoms with Crippen molar-refractivity contribution in [1.82, 2.24) is 0 Å². The first-order valence-electron chi connectivity index (χ1n) is 14.6. The molecule has 0 saturated heterocycles. The van der Waals surface area contributed by atoms with Crippen LogP contribution in [-0.2, 0) is 14.3 Å². The van der Waals surface area contributed by atoms with Crippen LogP contribution in [0.5, 0.6) is 0 Å². The Hall–Kier alpha value is -0.870. The van der Waals surface area contributed by atoms with Crippen LogP contribution in [0.3, 0.4) is 0 Å². The number of carbonyl (C=O) groups is 1. The molecule has 3 unspecified atom stereocenters. The average molecular weight is 501 g/mol. The Morgan fingerprint density at radius 1 is 0.917 bits per heavy atom. The van der Waals surface area contributed by atoms with Gasteiger partial charge in [-0.3, -0.25) is 4.79 Å². The predicted molar refractivity (Wildman–Crippen MR) is 143 cm³/mol. The van der Waals surface area contributed by atoms with Crippen LogP contribution in [0.15, 0.2) is 11.6 Å². The molecule has 4 nitrogen and oxygen atoms in total. The van der Waals surface area contributed by atoms with E-state index in [9.17, 15) is 9.90 Å². The number of rotatable bonds is 2. The van der Waals surface area contributed by atoms with Gasteiger partial charge in [-0.1, -0.05) is 60.1 Å². The Morgan fingerprint density at radius 2 is 1.61 bits per heavy atom. The molecule has 9 atom stereocenters. The van der Waals surface area contributed by atoms with Gasteiger partial charge < -0.3 is 14.6 Å². The largest absolute Gasteiger partial charge is 0.468 e. The van der Waals surface area contributed by atoms with E-state index in [-0.39, 0.29) is 39.0 Å². The molecule has 36 heavy (non-hydrogen) atoms. The van der Waals surface area contributed by atoms with Gasteiger partial charge in [0.15, 0.2) is 0 Å². The van der Waals surface area contributed by atoms with Crippen molar-refractivity contribution in [3.05, 3.63) is 11.6 Å². The smallest absolute Gasteiger partial charge is 0.315 e. The monoisotopic (exact) mass is 500 g/mol. The van der Waals surface area contributed by atoms with E-state index in [4.69, 9.17) is 9.47 Å². The van der Waals surface area contributed by atoms with Crippen LogP contribution in [0.4, 0.5) is 0 Å². The summed E-state index contributed by atoms with van der Waals surface area (Å²) < 4.78 is 11.4. The van der Waals surface area contributed by atoms with Gasteiger partial charge in [-0.2, -0.15) is 0 Å². The number of hydrogen-bond acceptors (Lipinski definition) is 4. The summed E-state index contributed by atoms with van der Waals surface area (Å²) >= 11 is 0. The molecule has 0 heterocycles. The molecule has 0 radical (unpaired) electrons. The van der Waals surface area contributed by atoms with E-state index in [1.54, 1.807) is 0 Å². The second kappa shape index (κ2) is 8.07. The molecule has 0 spiro atoms.